The third-order valence-electron chi connectivity index (χ3n) is 4.72. The quantitative estimate of drug-likeness (QED) is 0.774. The summed E-state index contributed by atoms with van der Waals surface area (Å²) >= 11 is 0. The van der Waals surface area contributed by atoms with Crippen molar-refractivity contribution in [2.24, 2.45) is 5.92 Å². The molecular formula is C18H22N2O5S. The zero-order valence-electron chi connectivity index (χ0n) is 14.5. The number of rotatable bonds is 5. The van der Waals surface area contributed by atoms with Gasteiger partial charge in [0.05, 0.1) is 10.8 Å². The van der Waals surface area contributed by atoms with E-state index in [-0.39, 0.29) is 4.90 Å². The Bertz CT molecular complexity index is 873. The summed E-state index contributed by atoms with van der Waals surface area (Å²) in [5.74, 6) is -1.10. The number of carboxylic acids is 1. The van der Waals surface area contributed by atoms with E-state index < -0.39 is 28.0 Å². The predicted octanol–water partition coefficient (Wildman–Crippen LogP) is 2.96. The maximum absolute atomic E-state index is 12.7. The number of nitrogens with zero attached hydrogens (tertiary/aromatic N) is 1. The van der Waals surface area contributed by atoms with Crippen molar-refractivity contribution in [3.63, 3.8) is 0 Å². The fraction of sp³-hybridized carbons (Fsp3) is 0.444. The SMILES string of the molecule is Cc1nc(-c2ccc(S(=O)(=O)N[C@@H]3CCCCC[C@@H]3C(=O)O)cc2)co1. The van der Waals surface area contributed by atoms with Crippen LogP contribution >= 0.6 is 0 Å². The maximum atomic E-state index is 12.7. The number of nitrogens with one attached hydrogen (secondary N) is 1. The molecule has 3 rings (SSSR count). The molecule has 2 aromatic rings. The van der Waals surface area contributed by atoms with Crippen LogP contribution in [0.2, 0.25) is 0 Å². The van der Waals surface area contributed by atoms with Gasteiger partial charge in [-0.15, -0.1) is 0 Å². The van der Waals surface area contributed by atoms with Crippen LogP contribution in [0.3, 0.4) is 0 Å². The van der Waals surface area contributed by atoms with Crippen LogP contribution in [0.1, 0.15) is 38.0 Å². The van der Waals surface area contributed by atoms with Crippen molar-refractivity contribution in [3.05, 3.63) is 36.4 Å². The zero-order valence-corrected chi connectivity index (χ0v) is 15.3. The lowest BCUT2D eigenvalue weighted by atomic mass is 9.96. The molecule has 0 saturated heterocycles. The van der Waals surface area contributed by atoms with Gasteiger partial charge in [0.25, 0.3) is 0 Å². The van der Waals surface area contributed by atoms with Gasteiger partial charge in [-0.2, -0.15) is 0 Å². The number of carbonyl (C=O) groups is 1. The highest BCUT2D eigenvalue weighted by molar-refractivity contribution is 7.89. The Morgan fingerprint density at radius 1 is 1.19 bits per heavy atom. The molecule has 0 spiro atoms. The molecule has 1 heterocycles. The number of aliphatic carboxylic acids is 1. The minimum atomic E-state index is -3.79. The van der Waals surface area contributed by atoms with E-state index in [1.807, 2.05) is 0 Å². The second-order valence-electron chi connectivity index (χ2n) is 6.59. The van der Waals surface area contributed by atoms with E-state index in [2.05, 4.69) is 9.71 Å². The molecule has 7 nitrogen and oxygen atoms in total. The van der Waals surface area contributed by atoms with Crippen LogP contribution < -0.4 is 4.72 Å². The molecule has 1 aromatic heterocycles. The standard InChI is InChI=1S/C18H22N2O5S/c1-12-19-17(11-25-12)13-7-9-14(10-8-13)26(23,24)20-16-6-4-2-3-5-15(16)18(21)22/h7-11,15-16,20H,2-6H2,1H3,(H,21,22)/t15-,16+/m0/s1. The molecule has 1 fully saturated rings. The minimum Gasteiger partial charge on any atom is -0.481 e. The van der Waals surface area contributed by atoms with Crippen LogP contribution in [0, 0.1) is 12.8 Å². The number of hydrogen-bond donors (Lipinski definition) is 2. The summed E-state index contributed by atoms with van der Waals surface area (Å²) < 4.78 is 33.2. The summed E-state index contributed by atoms with van der Waals surface area (Å²) in [6.45, 7) is 1.73. The fourth-order valence-electron chi connectivity index (χ4n) is 3.31. The summed E-state index contributed by atoms with van der Waals surface area (Å²) in [6, 6.07) is 5.72. The van der Waals surface area contributed by atoms with E-state index in [9.17, 15) is 18.3 Å². The molecule has 0 radical (unpaired) electrons. The molecular weight excluding hydrogens is 356 g/mol. The molecule has 0 bridgehead atoms. The van der Waals surface area contributed by atoms with Gasteiger partial charge in [-0.25, -0.2) is 18.1 Å². The van der Waals surface area contributed by atoms with E-state index in [0.717, 1.165) is 24.8 Å². The van der Waals surface area contributed by atoms with E-state index >= 15 is 0 Å². The molecule has 0 amide bonds. The molecule has 26 heavy (non-hydrogen) atoms. The minimum absolute atomic E-state index is 0.106. The second-order valence-corrected chi connectivity index (χ2v) is 8.30. The van der Waals surface area contributed by atoms with Crippen LogP contribution in [0.5, 0.6) is 0 Å². The first kappa shape index (κ1) is 18.6. The first-order chi connectivity index (χ1) is 12.4. The van der Waals surface area contributed by atoms with Crippen molar-refractivity contribution in [3.8, 4) is 11.3 Å². The topological polar surface area (TPSA) is 110 Å². The molecule has 1 aliphatic rings. The Labute approximate surface area is 152 Å². The van der Waals surface area contributed by atoms with E-state index in [1.165, 1.54) is 18.4 Å². The predicted molar refractivity (Wildman–Crippen MR) is 95.0 cm³/mol. The number of carboxylic acid groups (broad SMARTS) is 1. The van der Waals surface area contributed by atoms with Gasteiger partial charge in [0.1, 0.15) is 12.0 Å². The van der Waals surface area contributed by atoms with Gasteiger partial charge in [-0.1, -0.05) is 31.4 Å². The van der Waals surface area contributed by atoms with Gasteiger partial charge >= 0.3 is 5.97 Å². The van der Waals surface area contributed by atoms with Gasteiger partial charge in [0.2, 0.25) is 10.0 Å². The lowest BCUT2D eigenvalue weighted by Gasteiger charge is -2.22. The highest BCUT2D eigenvalue weighted by Crippen LogP contribution is 2.26. The largest absolute Gasteiger partial charge is 0.481 e. The van der Waals surface area contributed by atoms with E-state index in [4.69, 9.17) is 4.42 Å². The average molecular weight is 378 g/mol. The number of aromatic nitrogens is 1. The number of sulfonamides is 1. The van der Waals surface area contributed by atoms with Gasteiger partial charge in [0, 0.05) is 18.5 Å². The van der Waals surface area contributed by atoms with Crippen LogP contribution in [-0.4, -0.2) is 30.5 Å². The molecule has 140 valence electrons. The maximum Gasteiger partial charge on any atom is 0.308 e. The van der Waals surface area contributed by atoms with Gasteiger partial charge in [-0.3, -0.25) is 4.79 Å². The number of aryl methyl sites for hydroxylation is 1. The smallest absolute Gasteiger partial charge is 0.308 e. The summed E-state index contributed by atoms with van der Waals surface area (Å²) in [6.07, 6.45) is 5.09. The van der Waals surface area contributed by atoms with Crippen molar-refractivity contribution in [2.75, 3.05) is 0 Å². The van der Waals surface area contributed by atoms with Gasteiger partial charge < -0.3 is 9.52 Å². The van der Waals surface area contributed by atoms with Crippen molar-refractivity contribution >= 4 is 16.0 Å². The lowest BCUT2D eigenvalue weighted by molar-refractivity contribution is -0.142. The number of oxazole rings is 1. The van der Waals surface area contributed by atoms with Crippen LogP contribution in [0.15, 0.2) is 39.8 Å². The molecule has 1 aromatic carbocycles. The van der Waals surface area contributed by atoms with Gasteiger partial charge in [0.15, 0.2) is 5.89 Å². The number of hydrogen-bond acceptors (Lipinski definition) is 5. The second kappa shape index (κ2) is 7.59. The molecule has 2 N–H and O–H groups in total. The Morgan fingerprint density at radius 3 is 2.50 bits per heavy atom. The molecule has 8 heteroatoms. The lowest BCUT2D eigenvalue weighted by Crippen LogP contribution is -2.42. The van der Waals surface area contributed by atoms with Crippen molar-refractivity contribution in [1.29, 1.82) is 0 Å². The summed E-state index contributed by atoms with van der Waals surface area (Å²) in [7, 11) is -3.79. The normalized spacial score (nSPS) is 21.3. The van der Waals surface area contributed by atoms with Crippen molar-refractivity contribution in [1.82, 2.24) is 9.71 Å². The van der Waals surface area contributed by atoms with E-state index in [1.54, 1.807) is 19.1 Å². The molecule has 0 aliphatic heterocycles. The third-order valence-corrected chi connectivity index (χ3v) is 6.22. The Balaban J connectivity index is 1.79. The summed E-state index contributed by atoms with van der Waals surface area (Å²) in [5, 5.41) is 9.41. The van der Waals surface area contributed by atoms with Crippen molar-refractivity contribution in [2.45, 2.75) is 50.0 Å². The average Bonchev–Trinajstić information content (AvgIpc) is 2.90. The summed E-state index contributed by atoms with van der Waals surface area (Å²) in [5.41, 5.74) is 1.38. The molecule has 2 atom stereocenters. The Hall–Kier alpha value is -2.19. The van der Waals surface area contributed by atoms with E-state index in [0.29, 0.717) is 24.4 Å². The molecule has 1 aliphatic carbocycles. The third kappa shape index (κ3) is 4.13. The first-order valence-electron chi connectivity index (χ1n) is 8.64. The fourth-order valence-corrected chi connectivity index (χ4v) is 4.62. The van der Waals surface area contributed by atoms with Crippen LogP contribution in [-0.2, 0) is 14.8 Å². The zero-order chi connectivity index (χ0) is 18.7. The highest BCUT2D eigenvalue weighted by Gasteiger charge is 2.32. The first-order valence-corrected chi connectivity index (χ1v) is 10.1. The summed E-state index contributed by atoms with van der Waals surface area (Å²) in [4.78, 5) is 15.8. The number of benzene rings is 1. The highest BCUT2D eigenvalue weighted by atomic mass is 32.2. The monoisotopic (exact) mass is 378 g/mol. The van der Waals surface area contributed by atoms with Crippen molar-refractivity contribution < 1.29 is 22.7 Å². The Kier molecular flexibility index (Phi) is 5.43. The van der Waals surface area contributed by atoms with Crippen LogP contribution in [0.4, 0.5) is 0 Å². The molecule has 1 saturated carbocycles. The van der Waals surface area contributed by atoms with Crippen LogP contribution in [0.25, 0.3) is 11.3 Å². The van der Waals surface area contributed by atoms with Gasteiger partial charge in [-0.05, 0) is 25.0 Å². The Morgan fingerprint density at radius 2 is 1.88 bits per heavy atom. The molecule has 0 unspecified atom stereocenters.